The molecule has 2 rings (SSSR count). The summed E-state index contributed by atoms with van der Waals surface area (Å²) in [6.45, 7) is 0.0778. The fraction of sp³-hybridized carbons (Fsp3) is 0.125. The molecule has 3 N–H and O–H groups in total. The van der Waals surface area contributed by atoms with Gasteiger partial charge < -0.3 is 15.8 Å². The largest absolute Gasteiger partial charge is 0.492 e. The molecule has 0 radical (unpaired) electrons. The number of hydrogen-bond donors (Lipinski definition) is 2. The van der Waals surface area contributed by atoms with Crippen molar-refractivity contribution in [2.45, 2.75) is 6.42 Å². The highest BCUT2D eigenvalue weighted by molar-refractivity contribution is 5.91. The van der Waals surface area contributed by atoms with Crippen LogP contribution >= 0.6 is 0 Å². The first-order chi connectivity index (χ1) is 10.6. The molecule has 0 unspecified atom stereocenters. The number of para-hydroxylation sites is 1. The SMILES string of the molecule is N#Cc1ccccc1OCCC(=O)Nc1cc(N)ccc1F. The number of benzene rings is 2. The first-order valence-electron chi connectivity index (χ1n) is 6.57. The topological polar surface area (TPSA) is 88.1 Å². The number of nitrogen functional groups attached to an aromatic ring is 1. The fourth-order valence-corrected chi connectivity index (χ4v) is 1.79. The number of carbonyl (C=O) groups excluding carboxylic acids is 1. The van der Waals surface area contributed by atoms with E-state index in [2.05, 4.69) is 5.32 Å². The standard InChI is InChI=1S/C16H14FN3O2/c17-13-6-5-12(19)9-14(13)20-16(21)7-8-22-15-4-2-1-3-11(15)10-18/h1-6,9H,7-8,19H2,(H,20,21). The molecule has 0 heterocycles. The third-order valence-corrected chi connectivity index (χ3v) is 2.86. The summed E-state index contributed by atoms with van der Waals surface area (Å²) in [6, 6.07) is 12.7. The summed E-state index contributed by atoms with van der Waals surface area (Å²) >= 11 is 0. The van der Waals surface area contributed by atoms with Crippen molar-refractivity contribution >= 4 is 17.3 Å². The molecule has 2 aromatic carbocycles. The van der Waals surface area contributed by atoms with Gasteiger partial charge in [0, 0.05) is 5.69 Å². The van der Waals surface area contributed by atoms with Gasteiger partial charge in [0.25, 0.3) is 0 Å². The maximum absolute atomic E-state index is 13.5. The molecule has 0 spiro atoms. The number of rotatable bonds is 5. The van der Waals surface area contributed by atoms with Gasteiger partial charge in [-0.1, -0.05) is 12.1 Å². The van der Waals surface area contributed by atoms with E-state index in [9.17, 15) is 9.18 Å². The number of nitrogens with zero attached hydrogens (tertiary/aromatic N) is 1. The molecular weight excluding hydrogens is 285 g/mol. The maximum Gasteiger partial charge on any atom is 0.227 e. The van der Waals surface area contributed by atoms with Gasteiger partial charge in [0.15, 0.2) is 0 Å². The Morgan fingerprint density at radius 2 is 2.09 bits per heavy atom. The van der Waals surface area contributed by atoms with Crippen LogP contribution in [0.5, 0.6) is 5.75 Å². The van der Waals surface area contributed by atoms with Gasteiger partial charge in [-0.15, -0.1) is 0 Å². The van der Waals surface area contributed by atoms with Crippen LogP contribution in [0.1, 0.15) is 12.0 Å². The van der Waals surface area contributed by atoms with Gasteiger partial charge in [0.05, 0.1) is 24.3 Å². The van der Waals surface area contributed by atoms with E-state index in [4.69, 9.17) is 15.7 Å². The molecule has 0 bridgehead atoms. The molecule has 5 nitrogen and oxygen atoms in total. The molecule has 0 saturated heterocycles. The zero-order valence-electron chi connectivity index (χ0n) is 11.7. The summed E-state index contributed by atoms with van der Waals surface area (Å²) in [6.07, 6.45) is 0.0218. The van der Waals surface area contributed by atoms with Gasteiger partial charge in [-0.2, -0.15) is 5.26 Å². The van der Waals surface area contributed by atoms with Crippen molar-refractivity contribution < 1.29 is 13.9 Å². The van der Waals surface area contributed by atoms with E-state index in [1.807, 2.05) is 6.07 Å². The van der Waals surface area contributed by atoms with Crippen LogP contribution < -0.4 is 15.8 Å². The molecule has 0 atom stereocenters. The smallest absolute Gasteiger partial charge is 0.227 e. The van der Waals surface area contributed by atoms with E-state index < -0.39 is 11.7 Å². The summed E-state index contributed by atoms with van der Waals surface area (Å²) < 4.78 is 18.9. The van der Waals surface area contributed by atoms with E-state index in [1.54, 1.807) is 24.3 Å². The lowest BCUT2D eigenvalue weighted by molar-refractivity contribution is -0.116. The Balaban J connectivity index is 1.88. The molecule has 112 valence electrons. The lowest BCUT2D eigenvalue weighted by Gasteiger charge is -2.09. The van der Waals surface area contributed by atoms with Crippen LogP contribution in [0.4, 0.5) is 15.8 Å². The van der Waals surface area contributed by atoms with Crippen LogP contribution in [0.3, 0.4) is 0 Å². The Bertz CT molecular complexity index is 726. The average molecular weight is 299 g/mol. The molecule has 0 fully saturated rings. The number of nitriles is 1. The number of hydrogen-bond acceptors (Lipinski definition) is 4. The minimum Gasteiger partial charge on any atom is -0.492 e. The number of nitrogens with one attached hydrogen (secondary N) is 1. The first kappa shape index (κ1) is 15.3. The summed E-state index contributed by atoms with van der Waals surface area (Å²) in [5.74, 6) is -0.551. The summed E-state index contributed by atoms with van der Waals surface area (Å²) in [7, 11) is 0. The number of carbonyl (C=O) groups is 1. The molecule has 0 aliphatic rings. The second-order valence-corrected chi connectivity index (χ2v) is 4.49. The highest BCUT2D eigenvalue weighted by atomic mass is 19.1. The molecule has 0 aliphatic carbocycles. The Morgan fingerprint density at radius 1 is 1.32 bits per heavy atom. The molecule has 0 aliphatic heterocycles. The van der Waals surface area contributed by atoms with Gasteiger partial charge in [-0.05, 0) is 30.3 Å². The zero-order chi connectivity index (χ0) is 15.9. The molecular formula is C16H14FN3O2. The van der Waals surface area contributed by atoms with Gasteiger partial charge in [0.1, 0.15) is 17.6 Å². The minimum atomic E-state index is -0.557. The Labute approximate surface area is 127 Å². The predicted octanol–water partition coefficient (Wildman–Crippen LogP) is 2.69. The van der Waals surface area contributed by atoms with E-state index in [-0.39, 0.29) is 18.7 Å². The number of nitrogens with two attached hydrogens (primary N) is 1. The van der Waals surface area contributed by atoms with Gasteiger partial charge in [-0.25, -0.2) is 4.39 Å². The van der Waals surface area contributed by atoms with Crippen LogP contribution in [0.25, 0.3) is 0 Å². The Kier molecular flexibility index (Phi) is 4.94. The number of amides is 1. The predicted molar refractivity (Wildman–Crippen MR) is 80.7 cm³/mol. The second kappa shape index (κ2) is 7.09. The quantitative estimate of drug-likeness (QED) is 0.831. The molecule has 22 heavy (non-hydrogen) atoms. The summed E-state index contributed by atoms with van der Waals surface area (Å²) in [4.78, 5) is 11.8. The zero-order valence-corrected chi connectivity index (χ0v) is 11.7. The van der Waals surface area contributed by atoms with E-state index in [0.717, 1.165) is 0 Å². The Morgan fingerprint density at radius 3 is 2.86 bits per heavy atom. The van der Waals surface area contributed by atoms with Crippen molar-refractivity contribution in [3.8, 4) is 11.8 Å². The van der Waals surface area contributed by atoms with E-state index in [1.165, 1.54) is 18.2 Å². The third-order valence-electron chi connectivity index (χ3n) is 2.86. The maximum atomic E-state index is 13.5. The lowest BCUT2D eigenvalue weighted by atomic mass is 10.2. The monoisotopic (exact) mass is 299 g/mol. The van der Waals surface area contributed by atoms with Crippen LogP contribution in [0.2, 0.25) is 0 Å². The van der Waals surface area contributed by atoms with Crippen LogP contribution in [-0.2, 0) is 4.79 Å². The van der Waals surface area contributed by atoms with Crippen LogP contribution in [0.15, 0.2) is 42.5 Å². The van der Waals surface area contributed by atoms with Gasteiger partial charge in [0.2, 0.25) is 5.91 Å². The third kappa shape index (κ3) is 3.96. The summed E-state index contributed by atoms with van der Waals surface area (Å²) in [5, 5.41) is 11.3. The van der Waals surface area contributed by atoms with Crippen LogP contribution in [0, 0.1) is 17.1 Å². The minimum absolute atomic E-state index is 0.0218. The van der Waals surface area contributed by atoms with Crippen molar-refractivity contribution in [3.63, 3.8) is 0 Å². The molecule has 1 amide bonds. The lowest BCUT2D eigenvalue weighted by Crippen LogP contribution is -2.16. The highest BCUT2D eigenvalue weighted by Crippen LogP contribution is 2.18. The van der Waals surface area contributed by atoms with E-state index >= 15 is 0 Å². The Hall–Kier alpha value is -3.07. The second-order valence-electron chi connectivity index (χ2n) is 4.49. The number of anilines is 2. The van der Waals surface area contributed by atoms with Crippen molar-refractivity contribution in [1.82, 2.24) is 0 Å². The highest BCUT2D eigenvalue weighted by Gasteiger charge is 2.08. The normalized spacial score (nSPS) is 9.82. The van der Waals surface area contributed by atoms with Crippen LogP contribution in [-0.4, -0.2) is 12.5 Å². The van der Waals surface area contributed by atoms with E-state index in [0.29, 0.717) is 17.0 Å². The summed E-state index contributed by atoms with van der Waals surface area (Å²) in [5.41, 5.74) is 6.32. The molecule has 0 saturated carbocycles. The van der Waals surface area contributed by atoms with Crippen molar-refractivity contribution in [2.75, 3.05) is 17.7 Å². The molecule has 0 aromatic heterocycles. The van der Waals surface area contributed by atoms with Crippen molar-refractivity contribution in [1.29, 1.82) is 5.26 Å². The van der Waals surface area contributed by atoms with Crippen molar-refractivity contribution in [2.24, 2.45) is 0 Å². The average Bonchev–Trinajstić information content (AvgIpc) is 2.51. The van der Waals surface area contributed by atoms with Gasteiger partial charge in [-0.3, -0.25) is 4.79 Å². The molecule has 6 heteroatoms. The number of halogens is 1. The van der Waals surface area contributed by atoms with Crippen molar-refractivity contribution in [3.05, 3.63) is 53.8 Å². The number of ether oxygens (including phenoxy) is 1. The van der Waals surface area contributed by atoms with Gasteiger partial charge >= 0.3 is 0 Å². The first-order valence-corrected chi connectivity index (χ1v) is 6.57. The molecule has 2 aromatic rings. The fourth-order valence-electron chi connectivity index (χ4n) is 1.79.